The van der Waals surface area contributed by atoms with Gasteiger partial charge >= 0.3 is 5.97 Å². The van der Waals surface area contributed by atoms with Gasteiger partial charge in [0.1, 0.15) is 11.4 Å². The van der Waals surface area contributed by atoms with Crippen molar-refractivity contribution in [3.8, 4) is 5.75 Å². The van der Waals surface area contributed by atoms with Gasteiger partial charge in [0.05, 0.1) is 5.56 Å². The lowest BCUT2D eigenvalue weighted by Gasteiger charge is -2.31. The van der Waals surface area contributed by atoms with Crippen LogP contribution in [-0.4, -0.2) is 11.1 Å². The molecule has 4 aromatic carbocycles. The minimum Gasteiger partial charge on any atom is -0.507 e. The third-order valence-corrected chi connectivity index (χ3v) is 7.52. The van der Waals surface area contributed by atoms with Crippen LogP contribution >= 0.6 is 0 Å². The largest absolute Gasteiger partial charge is 0.507 e. The van der Waals surface area contributed by atoms with Crippen molar-refractivity contribution in [2.24, 2.45) is 0 Å². The standard InChI is InChI=1S/C28H24O3/c1-17-7-5-11-20-22(17)15-23-24(25(20)29)27(2)13-14-28(23,16-27)31-26(30)21-12-6-9-18-8-3-4-10-19(18)21/h3-12,15,29H,13-14,16H2,1-2H3. The van der Waals surface area contributed by atoms with Crippen LogP contribution in [0.2, 0.25) is 0 Å². The lowest BCUT2D eigenvalue weighted by atomic mass is 9.78. The molecule has 0 amide bonds. The summed E-state index contributed by atoms with van der Waals surface area (Å²) >= 11 is 0. The molecule has 0 aliphatic heterocycles. The van der Waals surface area contributed by atoms with Gasteiger partial charge in [-0.2, -0.15) is 0 Å². The van der Waals surface area contributed by atoms with Gasteiger partial charge in [0.25, 0.3) is 0 Å². The Morgan fingerprint density at radius 3 is 2.55 bits per heavy atom. The number of aryl methyl sites for hydroxylation is 1. The number of phenols is 1. The molecule has 3 nitrogen and oxygen atoms in total. The number of carbonyl (C=O) groups excluding carboxylic acids is 1. The summed E-state index contributed by atoms with van der Waals surface area (Å²) in [6.45, 7) is 4.24. The Balaban J connectivity index is 1.51. The highest BCUT2D eigenvalue weighted by Crippen LogP contribution is 2.64. The summed E-state index contributed by atoms with van der Waals surface area (Å²) in [4.78, 5) is 13.4. The summed E-state index contributed by atoms with van der Waals surface area (Å²) in [5, 5.41) is 15.1. The van der Waals surface area contributed by atoms with E-state index in [1.807, 2.05) is 54.6 Å². The lowest BCUT2D eigenvalue weighted by Crippen LogP contribution is -2.28. The van der Waals surface area contributed by atoms with E-state index in [1.54, 1.807) is 0 Å². The zero-order valence-corrected chi connectivity index (χ0v) is 17.7. The Morgan fingerprint density at radius 1 is 0.935 bits per heavy atom. The van der Waals surface area contributed by atoms with Gasteiger partial charge in [0.15, 0.2) is 0 Å². The van der Waals surface area contributed by atoms with Crippen molar-refractivity contribution >= 4 is 27.5 Å². The second-order valence-corrected chi connectivity index (χ2v) is 9.47. The maximum atomic E-state index is 13.4. The third kappa shape index (κ3) is 2.43. The molecule has 0 radical (unpaired) electrons. The predicted molar refractivity (Wildman–Crippen MR) is 123 cm³/mol. The molecule has 2 unspecified atom stereocenters. The van der Waals surface area contributed by atoms with Gasteiger partial charge in [-0.1, -0.05) is 61.5 Å². The van der Waals surface area contributed by atoms with Crippen molar-refractivity contribution in [1.82, 2.24) is 0 Å². The molecule has 0 aromatic heterocycles. The van der Waals surface area contributed by atoms with Crippen LogP contribution in [0, 0.1) is 6.92 Å². The maximum absolute atomic E-state index is 13.4. The van der Waals surface area contributed by atoms with E-state index in [9.17, 15) is 9.90 Å². The van der Waals surface area contributed by atoms with E-state index >= 15 is 0 Å². The van der Waals surface area contributed by atoms with Gasteiger partial charge in [0, 0.05) is 28.3 Å². The average Bonchev–Trinajstić information content (AvgIpc) is 3.23. The van der Waals surface area contributed by atoms with E-state index in [0.29, 0.717) is 11.3 Å². The fraction of sp³-hybridized carbons (Fsp3) is 0.250. The SMILES string of the molecule is Cc1cccc2c(O)c3c(cc12)C1(OC(=O)c2cccc4ccccc24)CCC3(C)C1. The van der Waals surface area contributed by atoms with Gasteiger partial charge in [-0.05, 0) is 53.6 Å². The number of fused-ring (bicyclic) bond motifs is 7. The molecular weight excluding hydrogens is 384 g/mol. The van der Waals surface area contributed by atoms with Crippen molar-refractivity contribution in [3.05, 3.63) is 89.0 Å². The second kappa shape index (κ2) is 6.10. The van der Waals surface area contributed by atoms with Crippen molar-refractivity contribution in [3.63, 3.8) is 0 Å². The Labute approximate surface area is 181 Å². The molecule has 0 spiro atoms. The van der Waals surface area contributed by atoms with Crippen molar-refractivity contribution in [1.29, 1.82) is 0 Å². The number of phenolic OH excluding ortho intramolecular Hbond substituents is 1. The second-order valence-electron chi connectivity index (χ2n) is 9.47. The zero-order valence-electron chi connectivity index (χ0n) is 17.7. The van der Waals surface area contributed by atoms with Crippen LogP contribution in [0.1, 0.15) is 53.2 Å². The quantitative estimate of drug-likeness (QED) is 0.384. The number of aromatic hydroxyl groups is 1. The Kier molecular flexibility index (Phi) is 3.63. The Hall–Kier alpha value is -3.33. The smallest absolute Gasteiger partial charge is 0.339 e. The van der Waals surface area contributed by atoms with Gasteiger partial charge in [-0.3, -0.25) is 0 Å². The number of carbonyl (C=O) groups is 1. The summed E-state index contributed by atoms with van der Waals surface area (Å²) in [5.41, 5.74) is 2.77. The van der Waals surface area contributed by atoms with E-state index in [0.717, 1.165) is 57.5 Å². The first-order valence-corrected chi connectivity index (χ1v) is 10.9. The highest BCUT2D eigenvalue weighted by atomic mass is 16.6. The first-order chi connectivity index (χ1) is 14.9. The van der Waals surface area contributed by atoms with Crippen LogP contribution in [0.25, 0.3) is 21.5 Å². The zero-order chi connectivity index (χ0) is 21.4. The van der Waals surface area contributed by atoms with Gasteiger partial charge < -0.3 is 9.84 Å². The van der Waals surface area contributed by atoms with Crippen LogP contribution in [-0.2, 0) is 15.8 Å². The summed E-state index contributed by atoms with van der Waals surface area (Å²) in [5.74, 6) is 0.0553. The van der Waals surface area contributed by atoms with E-state index in [2.05, 4.69) is 26.0 Å². The van der Waals surface area contributed by atoms with E-state index in [-0.39, 0.29) is 11.4 Å². The Morgan fingerprint density at radius 2 is 1.68 bits per heavy atom. The third-order valence-electron chi connectivity index (χ3n) is 7.52. The molecule has 1 saturated carbocycles. The molecule has 154 valence electrons. The molecule has 4 aromatic rings. The Bertz CT molecular complexity index is 1400. The lowest BCUT2D eigenvalue weighted by molar-refractivity contribution is -0.0163. The van der Waals surface area contributed by atoms with Crippen molar-refractivity contribution < 1.29 is 14.6 Å². The predicted octanol–water partition coefficient (Wildman–Crippen LogP) is 6.51. The molecule has 2 aliphatic carbocycles. The number of benzene rings is 4. The molecule has 1 N–H and O–H groups in total. The van der Waals surface area contributed by atoms with Crippen LogP contribution in [0.3, 0.4) is 0 Å². The van der Waals surface area contributed by atoms with E-state index in [4.69, 9.17) is 4.74 Å². The number of esters is 1. The van der Waals surface area contributed by atoms with Crippen LogP contribution in [0.4, 0.5) is 0 Å². The maximum Gasteiger partial charge on any atom is 0.339 e. The minimum absolute atomic E-state index is 0.184. The topological polar surface area (TPSA) is 46.5 Å². The highest BCUT2D eigenvalue weighted by molar-refractivity contribution is 6.04. The summed E-state index contributed by atoms with van der Waals surface area (Å²) < 4.78 is 6.37. The molecule has 2 aliphatic rings. The first kappa shape index (κ1) is 18.4. The van der Waals surface area contributed by atoms with E-state index < -0.39 is 5.60 Å². The van der Waals surface area contributed by atoms with Gasteiger partial charge in [-0.15, -0.1) is 0 Å². The van der Waals surface area contributed by atoms with Crippen LogP contribution in [0.15, 0.2) is 66.7 Å². The first-order valence-electron chi connectivity index (χ1n) is 10.9. The van der Waals surface area contributed by atoms with Gasteiger partial charge in [-0.25, -0.2) is 4.79 Å². The number of hydrogen-bond donors (Lipinski definition) is 1. The van der Waals surface area contributed by atoms with Crippen molar-refractivity contribution in [2.75, 3.05) is 0 Å². The fourth-order valence-electron chi connectivity index (χ4n) is 6.03. The molecule has 2 bridgehead atoms. The van der Waals surface area contributed by atoms with Crippen LogP contribution in [0.5, 0.6) is 5.75 Å². The molecule has 2 atom stereocenters. The summed E-state index contributed by atoms with van der Waals surface area (Å²) in [7, 11) is 0. The summed E-state index contributed by atoms with van der Waals surface area (Å²) in [6.07, 6.45) is 2.40. The number of hydrogen-bond acceptors (Lipinski definition) is 3. The molecule has 1 fully saturated rings. The minimum atomic E-state index is -0.688. The molecule has 3 heteroatoms. The highest BCUT2D eigenvalue weighted by Gasteiger charge is 2.59. The summed E-state index contributed by atoms with van der Waals surface area (Å²) in [6, 6.07) is 21.8. The monoisotopic (exact) mass is 408 g/mol. The molecule has 31 heavy (non-hydrogen) atoms. The fourth-order valence-corrected chi connectivity index (χ4v) is 6.03. The molecule has 6 rings (SSSR count). The normalized spacial score (nSPS) is 23.9. The van der Waals surface area contributed by atoms with Crippen molar-refractivity contribution in [2.45, 2.75) is 44.1 Å². The van der Waals surface area contributed by atoms with Gasteiger partial charge in [0.2, 0.25) is 0 Å². The molecule has 0 saturated heterocycles. The molecule has 0 heterocycles. The number of ether oxygens (including phenoxy) is 1. The average molecular weight is 408 g/mol. The van der Waals surface area contributed by atoms with E-state index in [1.165, 1.54) is 0 Å². The van der Waals surface area contributed by atoms with Crippen LogP contribution < -0.4 is 0 Å². The number of rotatable bonds is 2. The molecular formula is C28H24O3.